The van der Waals surface area contributed by atoms with E-state index in [0.717, 1.165) is 10.2 Å². The third-order valence-corrected chi connectivity index (χ3v) is 2.25. The molecule has 0 unspecified atom stereocenters. The predicted octanol–water partition coefficient (Wildman–Crippen LogP) is 0.457. The average Bonchev–Trinajstić information content (AvgIpc) is 2.61. The molecule has 0 fully saturated rings. The summed E-state index contributed by atoms with van der Waals surface area (Å²) in [6.07, 6.45) is 3.51. The highest BCUT2D eigenvalue weighted by atomic mass is 32.1. The zero-order chi connectivity index (χ0) is 9.10. The van der Waals surface area contributed by atoms with Gasteiger partial charge in [-0.25, -0.2) is 9.97 Å². The number of fused-ring (bicyclic) bond motifs is 1. The summed E-state index contributed by atoms with van der Waals surface area (Å²) in [6.45, 7) is 1.26. The Morgan fingerprint density at radius 2 is 2.38 bits per heavy atom. The summed E-state index contributed by atoms with van der Waals surface area (Å²) in [5.41, 5.74) is 5.34. The van der Waals surface area contributed by atoms with E-state index in [9.17, 15) is 0 Å². The minimum Gasteiger partial charge on any atom is -0.353 e. The number of nitrogens with two attached hydrogens (primary N) is 1. The Hall–Kier alpha value is -1.27. The molecular weight excluding hydrogens is 186 g/mol. The Labute approximate surface area is 79.2 Å². The first-order valence-corrected chi connectivity index (χ1v) is 4.69. The molecule has 0 aliphatic carbocycles. The van der Waals surface area contributed by atoms with Gasteiger partial charge in [0.1, 0.15) is 4.83 Å². The van der Waals surface area contributed by atoms with Crippen molar-refractivity contribution in [1.82, 2.24) is 14.3 Å². The van der Waals surface area contributed by atoms with E-state index in [4.69, 9.17) is 5.73 Å². The number of anilines is 1. The first kappa shape index (κ1) is 8.33. The molecule has 0 aliphatic rings. The van der Waals surface area contributed by atoms with Crippen molar-refractivity contribution in [3.63, 3.8) is 0 Å². The number of aromatic nitrogens is 3. The van der Waals surface area contributed by atoms with Crippen LogP contribution in [0.25, 0.3) is 10.2 Å². The molecule has 68 valence electrons. The van der Waals surface area contributed by atoms with Gasteiger partial charge in [0.2, 0.25) is 5.95 Å². The van der Waals surface area contributed by atoms with Crippen molar-refractivity contribution in [2.75, 3.05) is 18.4 Å². The summed E-state index contributed by atoms with van der Waals surface area (Å²) >= 11 is 1.36. The smallest absolute Gasteiger partial charge is 0.224 e. The molecule has 0 amide bonds. The molecule has 3 N–H and O–H groups in total. The Balaban J connectivity index is 2.26. The number of hydrogen-bond donors (Lipinski definition) is 2. The lowest BCUT2D eigenvalue weighted by Gasteiger charge is -2.00. The number of nitrogens with one attached hydrogen (secondary N) is 1. The second-order valence-corrected chi connectivity index (χ2v) is 3.28. The van der Waals surface area contributed by atoms with Gasteiger partial charge in [-0.15, -0.1) is 0 Å². The maximum absolute atomic E-state index is 5.34. The van der Waals surface area contributed by atoms with Crippen molar-refractivity contribution in [3.05, 3.63) is 12.4 Å². The maximum Gasteiger partial charge on any atom is 0.224 e. The number of rotatable bonds is 3. The highest BCUT2D eigenvalue weighted by Gasteiger charge is 1.99. The summed E-state index contributed by atoms with van der Waals surface area (Å²) < 4.78 is 4.01. The SMILES string of the molecule is NCCNc1ncc2cnsc2n1. The third kappa shape index (κ3) is 1.73. The maximum atomic E-state index is 5.34. The molecule has 0 saturated carbocycles. The highest BCUT2D eigenvalue weighted by molar-refractivity contribution is 7.12. The van der Waals surface area contributed by atoms with Crippen molar-refractivity contribution < 1.29 is 0 Å². The van der Waals surface area contributed by atoms with Crippen molar-refractivity contribution >= 4 is 27.7 Å². The van der Waals surface area contributed by atoms with Gasteiger partial charge in [-0.2, -0.15) is 4.37 Å². The fraction of sp³-hybridized carbons (Fsp3) is 0.286. The van der Waals surface area contributed by atoms with Gasteiger partial charge in [0, 0.05) is 24.7 Å². The van der Waals surface area contributed by atoms with Crippen LogP contribution < -0.4 is 11.1 Å². The van der Waals surface area contributed by atoms with Crippen molar-refractivity contribution in [1.29, 1.82) is 0 Å². The fourth-order valence-corrected chi connectivity index (χ4v) is 1.54. The minimum absolute atomic E-state index is 0.573. The van der Waals surface area contributed by atoms with E-state index in [1.807, 2.05) is 0 Å². The molecular formula is C7H9N5S. The Morgan fingerprint density at radius 3 is 3.23 bits per heavy atom. The van der Waals surface area contributed by atoms with Crippen molar-refractivity contribution in [3.8, 4) is 0 Å². The Bertz CT molecular complexity index is 398. The van der Waals surface area contributed by atoms with Gasteiger partial charge in [0.25, 0.3) is 0 Å². The predicted molar refractivity (Wildman–Crippen MR) is 52.8 cm³/mol. The Morgan fingerprint density at radius 1 is 1.46 bits per heavy atom. The van der Waals surface area contributed by atoms with E-state index in [1.165, 1.54) is 11.5 Å². The molecule has 2 rings (SSSR count). The molecule has 6 heteroatoms. The molecule has 0 aliphatic heterocycles. The van der Waals surface area contributed by atoms with E-state index in [-0.39, 0.29) is 0 Å². The van der Waals surface area contributed by atoms with Gasteiger partial charge in [-0.3, -0.25) is 0 Å². The van der Waals surface area contributed by atoms with Crippen LogP contribution in [-0.2, 0) is 0 Å². The van der Waals surface area contributed by atoms with Crippen molar-refractivity contribution in [2.45, 2.75) is 0 Å². The number of hydrogen-bond acceptors (Lipinski definition) is 6. The standard InChI is InChI=1S/C7H9N5S/c8-1-2-9-7-10-3-5-4-11-13-6(5)12-7/h3-4H,1-2,8H2,(H,9,10,12). The first-order valence-electron chi connectivity index (χ1n) is 3.91. The molecule has 13 heavy (non-hydrogen) atoms. The van der Waals surface area contributed by atoms with E-state index in [1.54, 1.807) is 12.4 Å². The quantitative estimate of drug-likeness (QED) is 0.744. The molecule has 0 saturated heterocycles. The first-order chi connectivity index (χ1) is 6.40. The molecule has 0 spiro atoms. The largest absolute Gasteiger partial charge is 0.353 e. The Kier molecular flexibility index (Phi) is 2.33. The molecule has 2 aromatic rings. The zero-order valence-electron chi connectivity index (χ0n) is 6.90. The van der Waals surface area contributed by atoms with Crippen molar-refractivity contribution in [2.24, 2.45) is 5.73 Å². The van der Waals surface area contributed by atoms with Gasteiger partial charge >= 0.3 is 0 Å². The van der Waals surface area contributed by atoms with Gasteiger partial charge in [0.15, 0.2) is 0 Å². The summed E-state index contributed by atoms with van der Waals surface area (Å²) in [4.78, 5) is 9.25. The van der Waals surface area contributed by atoms with Crippen LogP contribution in [0, 0.1) is 0 Å². The van der Waals surface area contributed by atoms with E-state index < -0.39 is 0 Å². The lowest BCUT2D eigenvalue weighted by molar-refractivity contribution is 0.997. The molecule has 0 radical (unpaired) electrons. The van der Waals surface area contributed by atoms with Crippen LogP contribution in [0.1, 0.15) is 0 Å². The fourth-order valence-electron chi connectivity index (χ4n) is 0.939. The van der Waals surface area contributed by atoms with Crippen LogP contribution in [-0.4, -0.2) is 27.4 Å². The van der Waals surface area contributed by atoms with E-state index in [2.05, 4.69) is 19.7 Å². The molecule has 0 bridgehead atoms. The summed E-state index contributed by atoms with van der Waals surface area (Å²) in [5, 5.41) is 3.98. The molecule has 2 aromatic heterocycles. The lowest BCUT2D eigenvalue weighted by atomic mass is 10.5. The third-order valence-electron chi connectivity index (χ3n) is 1.54. The molecule has 0 atom stereocenters. The summed E-state index contributed by atoms with van der Waals surface area (Å²) in [7, 11) is 0. The number of nitrogens with zero attached hydrogens (tertiary/aromatic N) is 3. The lowest BCUT2D eigenvalue weighted by Crippen LogP contribution is -2.14. The topological polar surface area (TPSA) is 76.7 Å². The van der Waals surface area contributed by atoms with E-state index in [0.29, 0.717) is 19.0 Å². The monoisotopic (exact) mass is 195 g/mol. The molecule has 5 nitrogen and oxygen atoms in total. The van der Waals surface area contributed by atoms with Crippen LogP contribution in [0.15, 0.2) is 12.4 Å². The van der Waals surface area contributed by atoms with Gasteiger partial charge in [-0.05, 0) is 11.5 Å². The summed E-state index contributed by atoms with van der Waals surface area (Å²) in [6, 6.07) is 0. The van der Waals surface area contributed by atoms with Crippen LogP contribution in [0.5, 0.6) is 0 Å². The van der Waals surface area contributed by atoms with Crippen LogP contribution in [0.3, 0.4) is 0 Å². The summed E-state index contributed by atoms with van der Waals surface area (Å²) in [5.74, 6) is 0.613. The van der Waals surface area contributed by atoms with E-state index >= 15 is 0 Å². The molecule has 0 aromatic carbocycles. The normalized spacial score (nSPS) is 10.5. The van der Waals surface area contributed by atoms with Gasteiger partial charge < -0.3 is 11.1 Å². The minimum atomic E-state index is 0.573. The van der Waals surface area contributed by atoms with Gasteiger partial charge in [-0.1, -0.05) is 0 Å². The second kappa shape index (κ2) is 3.63. The van der Waals surface area contributed by atoms with Crippen LogP contribution in [0.4, 0.5) is 5.95 Å². The van der Waals surface area contributed by atoms with Gasteiger partial charge in [0.05, 0.1) is 6.20 Å². The molecule has 2 heterocycles. The second-order valence-electron chi connectivity index (χ2n) is 2.50. The highest BCUT2D eigenvalue weighted by Crippen LogP contribution is 2.15. The van der Waals surface area contributed by atoms with Crippen LogP contribution >= 0.6 is 11.5 Å². The average molecular weight is 195 g/mol. The van der Waals surface area contributed by atoms with Crippen LogP contribution in [0.2, 0.25) is 0 Å². The zero-order valence-corrected chi connectivity index (χ0v) is 7.71.